The Morgan fingerprint density at radius 1 is 1.21 bits per heavy atom. The molecule has 3 aliphatic rings. The highest BCUT2D eigenvalue weighted by Gasteiger charge is 2.47. The number of nitrogens with one attached hydrogen (secondary N) is 3. The Morgan fingerprint density at radius 3 is 2.85 bits per heavy atom. The lowest BCUT2D eigenvalue weighted by Gasteiger charge is -2.31. The average molecular weight is 460 g/mol. The molecular weight excluding hydrogens is 436 g/mol. The normalized spacial score (nSPS) is 26.1. The van der Waals surface area contributed by atoms with Crippen LogP contribution in [-0.2, 0) is 9.59 Å². The fraction of sp³-hybridized carbons (Fsp3) is 0.333. The summed E-state index contributed by atoms with van der Waals surface area (Å²) in [5.74, 6) is 0.921. The number of furan rings is 1. The number of allylic oxidation sites excluding steroid dienone is 1. The summed E-state index contributed by atoms with van der Waals surface area (Å²) in [6, 6.07) is 6.97. The standard InChI is InChI=1S/C24H24N6O4/c1-24(2)22(32)27-15-10-13(5-6-16(15)34-24)26-23-28-14-7-8-33-19(14)21(30-23)29-18-12-4-3-11(9-12)17(18)20(25)31/h3-8,10-12,17-18H,9H2,1-2H3,(H2,25,31)(H,27,32)(H2,26,28,29,30). The Balaban J connectivity index is 1.30. The summed E-state index contributed by atoms with van der Waals surface area (Å²) in [5.41, 5.74) is 7.14. The van der Waals surface area contributed by atoms with Gasteiger partial charge in [-0.3, -0.25) is 9.59 Å². The summed E-state index contributed by atoms with van der Waals surface area (Å²) in [7, 11) is 0. The van der Waals surface area contributed by atoms with E-state index in [1.54, 1.807) is 38.3 Å². The fourth-order valence-electron chi connectivity index (χ4n) is 5.10. The number of aromatic nitrogens is 2. The first-order valence-corrected chi connectivity index (χ1v) is 11.2. The molecule has 10 nitrogen and oxygen atoms in total. The van der Waals surface area contributed by atoms with Gasteiger partial charge in [-0.05, 0) is 50.3 Å². The Morgan fingerprint density at radius 2 is 2.03 bits per heavy atom. The van der Waals surface area contributed by atoms with E-state index in [2.05, 4.69) is 38.1 Å². The molecule has 0 spiro atoms. The van der Waals surface area contributed by atoms with Crippen molar-refractivity contribution in [2.45, 2.75) is 31.9 Å². The van der Waals surface area contributed by atoms with Gasteiger partial charge in [0.25, 0.3) is 5.91 Å². The summed E-state index contributed by atoms with van der Waals surface area (Å²) in [4.78, 5) is 33.6. The molecule has 2 aliphatic carbocycles. The van der Waals surface area contributed by atoms with Crippen molar-refractivity contribution in [2.24, 2.45) is 23.5 Å². The van der Waals surface area contributed by atoms with Crippen LogP contribution < -0.4 is 26.4 Å². The molecule has 0 radical (unpaired) electrons. The van der Waals surface area contributed by atoms with Gasteiger partial charge in [0.1, 0.15) is 11.3 Å². The van der Waals surface area contributed by atoms with Crippen molar-refractivity contribution in [3.8, 4) is 5.75 Å². The lowest BCUT2D eigenvalue weighted by Crippen LogP contribution is -2.45. The zero-order valence-electron chi connectivity index (χ0n) is 18.7. The second-order valence-corrected chi connectivity index (χ2v) is 9.48. The van der Waals surface area contributed by atoms with Crippen molar-refractivity contribution in [2.75, 3.05) is 16.0 Å². The molecule has 2 amide bonds. The number of anilines is 4. The van der Waals surface area contributed by atoms with E-state index in [1.165, 1.54) is 0 Å². The van der Waals surface area contributed by atoms with Crippen LogP contribution in [0.5, 0.6) is 5.75 Å². The Kier molecular flexibility index (Phi) is 4.35. The molecule has 3 aromatic rings. The highest BCUT2D eigenvalue weighted by atomic mass is 16.5. The quantitative estimate of drug-likeness (QED) is 0.425. The summed E-state index contributed by atoms with van der Waals surface area (Å²) >= 11 is 0. The monoisotopic (exact) mass is 460 g/mol. The van der Waals surface area contributed by atoms with Gasteiger partial charge in [0, 0.05) is 17.8 Å². The number of carbonyl (C=O) groups excluding carboxylic acids is 2. The van der Waals surface area contributed by atoms with Gasteiger partial charge < -0.3 is 30.8 Å². The van der Waals surface area contributed by atoms with Crippen molar-refractivity contribution in [3.05, 3.63) is 42.7 Å². The minimum atomic E-state index is -0.935. The molecule has 1 aliphatic heterocycles. The maximum absolute atomic E-state index is 12.3. The summed E-state index contributed by atoms with van der Waals surface area (Å²) in [6.45, 7) is 3.43. The highest BCUT2D eigenvalue weighted by molar-refractivity contribution is 6.00. The van der Waals surface area contributed by atoms with Gasteiger partial charge in [0.2, 0.25) is 11.9 Å². The average Bonchev–Trinajstić information content (AvgIpc) is 3.51. The first kappa shape index (κ1) is 20.5. The van der Waals surface area contributed by atoms with Gasteiger partial charge in [0.05, 0.1) is 17.9 Å². The molecule has 3 heterocycles. The number of nitrogens with zero attached hydrogens (tertiary/aromatic N) is 2. The third-order valence-electron chi connectivity index (χ3n) is 6.79. The maximum atomic E-state index is 12.3. The minimum Gasteiger partial charge on any atom is -0.476 e. The zero-order valence-corrected chi connectivity index (χ0v) is 18.7. The van der Waals surface area contributed by atoms with Crippen LogP contribution in [0.2, 0.25) is 0 Å². The van der Waals surface area contributed by atoms with E-state index in [4.69, 9.17) is 14.9 Å². The number of hydrogen-bond acceptors (Lipinski definition) is 8. The number of rotatable bonds is 5. The Labute approximate surface area is 195 Å². The number of primary amides is 1. The van der Waals surface area contributed by atoms with Gasteiger partial charge in [-0.2, -0.15) is 4.98 Å². The van der Waals surface area contributed by atoms with Crippen LogP contribution in [0.4, 0.5) is 23.1 Å². The lowest BCUT2D eigenvalue weighted by atomic mass is 9.88. The van der Waals surface area contributed by atoms with Gasteiger partial charge >= 0.3 is 0 Å². The van der Waals surface area contributed by atoms with Gasteiger partial charge in [-0.15, -0.1) is 0 Å². The number of hydrogen-bond donors (Lipinski definition) is 4. The predicted molar refractivity (Wildman–Crippen MR) is 126 cm³/mol. The second-order valence-electron chi connectivity index (χ2n) is 9.48. The van der Waals surface area contributed by atoms with E-state index >= 15 is 0 Å². The Hall–Kier alpha value is -4.08. The van der Waals surface area contributed by atoms with Crippen LogP contribution in [-0.4, -0.2) is 33.4 Å². The summed E-state index contributed by atoms with van der Waals surface area (Å²) in [6.07, 6.45) is 6.65. The molecule has 2 bridgehead atoms. The van der Waals surface area contributed by atoms with Crippen molar-refractivity contribution in [1.82, 2.24) is 9.97 Å². The molecule has 1 aromatic carbocycles. The molecule has 4 atom stereocenters. The summed E-state index contributed by atoms with van der Waals surface area (Å²) < 4.78 is 11.4. The van der Waals surface area contributed by atoms with Crippen LogP contribution in [0.15, 0.2) is 47.1 Å². The summed E-state index contributed by atoms with van der Waals surface area (Å²) in [5, 5.41) is 9.47. The maximum Gasteiger partial charge on any atom is 0.268 e. The number of amides is 2. The second kappa shape index (κ2) is 7.21. The number of benzene rings is 1. The van der Waals surface area contributed by atoms with Gasteiger partial charge in [-0.25, -0.2) is 4.98 Å². The first-order valence-electron chi connectivity index (χ1n) is 11.2. The van der Waals surface area contributed by atoms with E-state index in [0.29, 0.717) is 40.0 Å². The number of nitrogens with two attached hydrogens (primary N) is 1. The topological polar surface area (TPSA) is 144 Å². The smallest absolute Gasteiger partial charge is 0.268 e. The number of ether oxygens (including phenoxy) is 1. The molecule has 1 fully saturated rings. The van der Waals surface area contributed by atoms with Gasteiger partial charge in [-0.1, -0.05) is 12.2 Å². The van der Waals surface area contributed by atoms with Crippen LogP contribution in [0.25, 0.3) is 11.1 Å². The Bertz CT molecular complexity index is 1360. The van der Waals surface area contributed by atoms with Crippen LogP contribution >= 0.6 is 0 Å². The number of carbonyl (C=O) groups is 2. The van der Waals surface area contributed by atoms with Crippen molar-refractivity contribution < 1.29 is 18.7 Å². The zero-order chi connectivity index (χ0) is 23.6. The largest absolute Gasteiger partial charge is 0.476 e. The molecule has 34 heavy (non-hydrogen) atoms. The van der Waals surface area contributed by atoms with Crippen LogP contribution in [0, 0.1) is 17.8 Å². The van der Waals surface area contributed by atoms with Crippen molar-refractivity contribution >= 4 is 46.1 Å². The van der Waals surface area contributed by atoms with Gasteiger partial charge in [0.15, 0.2) is 17.0 Å². The van der Waals surface area contributed by atoms with E-state index in [9.17, 15) is 9.59 Å². The van der Waals surface area contributed by atoms with E-state index in [0.717, 1.165) is 6.42 Å². The molecule has 0 saturated heterocycles. The minimum absolute atomic E-state index is 0.143. The van der Waals surface area contributed by atoms with Crippen LogP contribution in [0.3, 0.4) is 0 Å². The number of fused-ring (bicyclic) bond motifs is 4. The van der Waals surface area contributed by atoms with Crippen LogP contribution in [0.1, 0.15) is 20.3 Å². The molecule has 2 aromatic heterocycles. The highest BCUT2D eigenvalue weighted by Crippen LogP contribution is 2.45. The molecular formula is C24H24N6O4. The fourth-order valence-corrected chi connectivity index (χ4v) is 5.10. The third kappa shape index (κ3) is 3.25. The lowest BCUT2D eigenvalue weighted by molar-refractivity contribution is -0.129. The molecule has 10 heteroatoms. The molecule has 6 rings (SSSR count). The van der Waals surface area contributed by atoms with Crippen molar-refractivity contribution in [3.63, 3.8) is 0 Å². The molecule has 174 valence electrons. The predicted octanol–water partition coefficient (Wildman–Crippen LogP) is 3.16. The van der Waals surface area contributed by atoms with E-state index in [1.807, 2.05) is 6.07 Å². The van der Waals surface area contributed by atoms with E-state index in [-0.39, 0.29) is 35.6 Å². The SMILES string of the molecule is CC1(C)Oc2ccc(Nc3nc(NC4C5C=CC(C5)C4C(N)=O)c4occc4n3)cc2NC1=O. The first-order chi connectivity index (χ1) is 16.3. The van der Waals surface area contributed by atoms with E-state index < -0.39 is 5.60 Å². The van der Waals surface area contributed by atoms with Crippen molar-refractivity contribution in [1.29, 1.82) is 0 Å². The third-order valence-corrected chi connectivity index (χ3v) is 6.79. The molecule has 4 unspecified atom stereocenters. The molecule has 1 saturated carbocycles. The molecule has 5 N–H and O–H groups in total.